The number of hydrogen-bond acceptors (Lipinski definition) is 5. The molecule has 98 valence electrons. The number of benzene rings is 1. The Labute approximate surface area is 108 Å². The molecule has 2 rings (SSSR count). The minimum Gasteiger partial charge on any atom is -0.430 e. The first-order chi connectivity index (χ1) is 8.70. The molecule has 18 heavy (non-hydrogen) atoms. The third kappa shape index (κ3) is 3.08. The lowest BCUT2D eigenvalue weighted by Gasteiger charge is -1.97. The van der Waals surface area contributed by atoms with Crippen molar-refractivity contribution in [3.8, 4) is 0 Å². The van der Waals surface area contributed by atoms with E-state index in [0.29, 0.717) is 29.1 Å². The van der Waals surface area contributed by atoms with Crippen LogP contribution in [-0.2, 0) is 15.5 Å². The summed E-state index contributed by atoms with van der Waals surface area (Å²) in [5.74, 6) is 0.533. The van der Waals surface area contributed by atoms with Gasteiger partial charge in [0.15, 0.2) is 5.58 Å². The highest BCUT2D eigenvalue weighted by atomic mass is 32.2. The maximum absolute atomic E-state index is 11.9. The molecule has 1 heterocycles. The second kappa shape index (κ2) is 5.97. The average molecular weight is 268 g/mol. The van der Waals surface area contributed by atoms with Gasteiger partial charge < -0.3 is 14.9 Å². The number of rotatable bonds is 6. The lowest BCUT2D eigenvalue weighted by atomic mass is 10.3. The predicted molar refractivity (Wildman–Crippen MR) is 70.8 cm³/mol. The van der Waals surface area contributed by atoms with Gasteiger partial charge in [0.05, 0.1) is 0 Å². The number of aromatic nitrogens is 1. The third-order valence-corrected chi connectivity index (χ3v) is 3.74. The maximum Gasteiger partial charge on any atom is 0.287 e. The fourth-order valence-corrected chi connectivity index (χ4v) is 2.61. The van der Waals surface area contributed by atoms with Gasteiger partial charge in [-0.2, -0.15) is 0 Å². The Morgan fingerprint density at radius 2 is 2.28 bits per heavy atom. The Morgan fingerprint density at radius 1 is 1.44 bits per heavy atom. The quantitative estimate of drug-likeness (QED) is 0.640. The molecule has 0 fully saturated rings. The summed E-state index contributed by atoms with van der Waals surface area (Å²) in [5, 5.41) is 0.271. The van der Waals surface area contributed by atoms with E-state index in [1.165, 1.54) is 0 Å². The van der Waals surface area contributed by atoms with Crippen LogP contribution in [0.1, 0.15) is 12.8 Å². The monoisotopic (exact) mass is 268 g/mol. The molecule has 0 aliphatic carbocycles. The molecule has 2 N–H and O–H groups in total. The molecule has 0 saturated carbocycles. The number of hydrogen-bond donors (Lipinski definition) is 1. The summed E-state index contributed by atoms with van der Waals surface area (Å²) in [6.07, 6.45) is 1.71. The van der Waals surface area contributed by atoms with Gasteiger partial charge in [-0.25, -0.2) is 9.19 Å². The number of nitrogens with two attached hydrogens (primary N) is 1. The summed E-state index contributed by atoms with van der Waals surface area (Å²) in [4.78, 5) is 4.20. The van der Waals surface area contributed by atoms with Crippen LogP contribution < -0.4 is 5.73 Å². The van der Waals surface area contributed by atoms with Crippen LogP contribution in [0.3, 0.4) is 0 Å². The molecule has 0 amide bonds. The van der Waals surface area contributed by atoms with Crippen molar-refractivity contribution < 1.29 is 13.4 Å². The van der Waals surface area contributed by atoms with Crippen LogP contribution in [-0.4, -0.2) is 28.7 Å². The van der Waals surface area contributed by atoms with Gasteiger partial charge in [0.25, 0.3) is 5.22 Å². The van der Waals surface area contributed by atoms with Crippen molar-refractivity contribution in [2.45, 2.75) is 18.1 Å². The molecule has 0 bridgehead atoms. The number of unbranched alkanes of at least 4 members (excludes halogenated alkanes) is 1. The smallest absolute Gasteiger partial charge is 0.287 e. The number of fused-ring (bicyclic) bond motifs is 1. The van der Waals surface area contributed by atoms with Crippen molar-refractivity contribution in [3.63, 3.8) is 0 Å². The molecule has 5 nitrogen and oxygen atoms in total. The summed E-state index contributed by atoms with van der Waals surface area (Å²) < 4.78 is 22.3. The first-order valence-electron chi connectivity index (χ1n) is 5.74. The summed E-state index contributed by atoms with van der Waals surface area (Å²) in [6, 6.07) is 5.20. The highest BCUT2D eigenvalue weighted by molar-refractivity contribution is 7.84. The number of nitrogens with zero attached hydrogens (tertiary/aromatic N) is 1. The zero-order valence-electron chi connectivity index (χ0n) is 10.2. The Bertz CT molecular complexity index is 553. The SMILES string of the molecule is COCCCCS(=O)c1nc2ccc(N)cc2o1. The van der Waals surface area contributed by atoms with Gasteiger partial charge in [-0.3, -0.25) is 0 Å². The van der Waals surface area contributed by atoms with Gasteiger partial charge in [-0.05, 0) is 25.0 Å². The Balaban J connectivity index is 2.04. The molecule has 0 aliphatic rings. The molecule has 1 unspecified atom stereocenters. The van der Waals surface area contributed by atoms with Crippen LogP contribution in [0, 0.1) is 0 Å². The number of oxazole rings is 1. The standard InChI is InChI=1S/C12H16N2O3S/c1-16-6-2-3-7-18(15)12-14-10-5-4-9(13)8-11(10)17-12/h4-5,8H,2-3,6-7,13H2,1H3. The van der Waals surface area contributed by atoms with Gasteiger partial charge in [0.1, 0.15) is 16.3 Å². The molecule has 1 aromatic heterocycles. The zero-order valence-corrected chi connectivity index (χ0v) is 11.0. The Kier molecular flexibility index (Phi) is 4.33. The van der Waals surface area contributed by atoms with Crippen molar-refractivity contribution in [2.24, 2.45) is 0 Å². The lowest BCUT2D eigenvalue weighted by molar-refractivity contribution is 0.194. The first-order valence-corrected chi connectivity index (χ1v) is 7.06. The molecule has 0 aliphatic heterocycles. The average Bonchev–Trinajstić information content (AvgIpc) is 2.77. The summed E-state index contributed by atoms with van der Waals surface area (Å²) in [6.45, 7) is 0.682. The van der Waals surface area contributed by atoms with E-state index in [4.69, 9.17) is 14.9 Å². The fraction of sp³-hybridized carbons (Fsp3) is 0.417. The molecule has 0 spiro atoms. The van der Waals surface area contributed by atoms with Crippen molar-refractivity contribution in [1.29, 1.82) is 0 Å². The van der Waals surface area contributed by atoms with Crippen LogP contribution in [0.2, 0.25) is 0 Å². The van der Waals surface area contributed by atoms with Crippen LogP contribution in [0.15, 0.2) is 27.8 Å². The molecule has 2 aromatic rings. The van der Waals surface area contributed by atoms with Crippen molar-refractivity contribution >= 4 is 27.6 Å². The van der Waals surface area contributed by atoms with Gasteiger partial charge in [0, 0.05) is 31.2 Å². The summed E-state index contributed by atoms with van der Waals surface area (Å²) in [5.41, 5.74) is 7.52. The Morgan fingerprint density at radius 3 is 3.06 bits per heavy atom. The third-order valence-electron chi connectivity index (χ3n) is 2.52. The largest absolute Gasteiger partial charge is 0.430 e. The molecular weight excluding hydrogens is 252 g/mol. The molecule has 1 aromatic carbocycles. The van der Waals surface area contributed by atoms with Crippen LogP contribution in [0.4, 0.5) is 5.69 Å². The molecule has 0 saturated heterocycles. The van der Waals surface area contributed by atoms with Gasteiger partial charge in [-0.15, -0.1) is 0 Å². The van der Waals surface area contributed by atoms with Crippen LogP contribution in [0.5, 0.6) is 0 Å². The van der Waals surface area contributed by atoms with E-state index in [9.17, 15) is 4.21 Å². The number of anilines is 1. The van der Waals surface area contributed by atoms with Crippen LogP contribution >= 0.6 is 0 Å². The normalized spacial score (nSPS) is 12.9. The minimum atomic E-state index is -1.20. The maximum atomic E-state index is 11.9. The van der Waals surface area contributed by atoms with Crippen molar-refractivity contribution in [1.82, 2.24) is 4.98 Å². The minimum absolute atomic E-state index is 0.271. The first kappa shape index (κ1) is 13.0. The zero-order chi connectivity index (χ0) is 13.0. The van der Waals surface area contributed by atoms with E-state index in [0.717, 1.165) is 12.8 Å². The van der Waals surface area contributed by atoms with Crippen molar-refractivity contribution in [3.05, 3.63) is 18.2 Å². The van der Waals surface area contributed by atoms with E-state index in [1.807, 2.05) is 0 Å². The molecule has 1 atom stereocenters. The molecule has 6 heteroatoms. The van der Waals surface area contributed by atoms with Crippen LogP contribution in [0.25, 0.3) is 11.1 Å². The number of nitrogen functional groups attached to an aromatic ring is 1. The lowest BCUT2D eigenvalue weighted by Crippen LogP contribution is -2.00. The highest BCUT2D eigenvalue weighted by Gasteiger charge is 2.12. The van der Waals surface area contributed by atoms with E-state index in [1.54, 1.807) is 25.3 Å². The van der Waals surface area contributed by atoms with Crippen molar-refractivity contribution in [2.75, 3.05) is 25.2 Å². The second-order valence-electron chi connectivity index (χ2n) is 3.96. The molecular formula is C12H16N2O3S. The van der Waals surface area contributed by atoms with Gasteiger partial charge in [-0.1, -0.05) is 0 Å². The summed E-state index contributed by atoms with van der Waals surface area (Å²) >= 11 is 0. The van der Waals surface area contributed by atoms with E-state index in [-0.39, 0.29) is 5.22 Å². The van der Waals surface area contributed by atoms with Gasteiger partial charge >= 0.3 is 0 Å². The Hall–Kier alpha value is -1.40. The van der Waals surface area contributed by atoms with E-state index < -0.39 is 10.8 Å². The molecule has 0 radical (unpaired) electrons. The second-order valence-corrected chi connectivity index (χ2v) is 5.41. The van der Waals surface area contributed by atoms with Gasteiger partial charge in [0.2, 0.25) is 0 Å². The number of methoxy groups -OCH3 is 1. The number of ether oxygens (including phenoxy) is 1. The predicted octanol–water partition coefficient (Wildman–Crippen LogP) is 1.94. The fourth-order valence-electron chi connectivity index (χ4n) is 1.58. The topological polar surface area (TPSA) is 78.3 Å². The van der Waals surface area contributed by atoms with E-state index in [2.05, 4.69) is 4.98 Å². The van der Waals surface area contributed by atoms with E-state index >= 15 is 0 Å². The summed E-state index contributed by atoms with van der Waals surface area (Å²) in [7, 11) is 0.455. The highest BCUT2D eigenvalue weighted by Crippen LogP contribution is 2.20.